The standard InChI is InChI=1S/C14H16ClFO3/c15-13-10(2-1-3-12(13)16)8-19-11-6-4-9(5-7-11)14(17)18/h1-3,9,11H,4-8H2,(H,17,18). The first-order valence-corrected chi connectivity index (χ1v) is 6.73. The summed E-state index contributed by atoms with van der Waals surface area (Å²) in [7, 11) is 0. The normalized spacial score (nSPS) is 23.3. The molecule has 1 aromatic rings. The van der Waals surface area contributed by atoms with Crippen molar-refractivity contribution < 1.29 is 19.0 Å². The molecule has 0 unspecified atom stereocenters. The van der Waals surface area contributed by atoms with Crippen molar-refractivity contribution in [1.82, 2.24) is 0 Å². The summed E-state index contributed by atoms with van der Waals surface area (Å²) in [5, 5.41) is 9.00. The molecule has 19 heavy (non-hydrogen) atoms. The van der Waals surface area contributed by atoms with Crippen LogP contribution >= 0.6 is 11.6 Å². The van der Waals surface area contributed by atoms with Gasteiger partial charge in [-0.05, 0) is 37.3 Å². The van der Waals surface area contributed by atoms with Gasteiger partial charge in [-0.2, -0.15) is 0 Å². The molecule has 3 nitrogen and oxygen atoms in total. The fourth-order valence-corrected chi connectivity index (χ4v) is 2.52. The summed E-state index contributed by atoms with van der Waals surface area (Å²) in [4.78, 5) is 10.8. The summed E-state index contributed by atoms with van der Waals surface area (Å²) in [6.45, 7) is 0.263. The average molecular weight is 287 g/mol. The van der Waals surface area contributed by atoms with Gasteiger partial charge >= 0.3 is 5.97 Å². The Hall–Kier alpha value is -1.13. The third kappa shape index (κ3) is 3.67. The zero-order valence-electron chi connectivity index (χ0n) is 10.4. The van der Waals surface area contributed by atoms with E-state index in [1.54, 1.807) is 12.1 Å². The van der Waals surface area contributed by atoms with Crippen molar-refractivity contribution in [1.29, 1.82) is 0 Å². The fraction of sp³-hybridized carbons (Fsp3) is 0.500. The van der Waals surface area contributed by atoms with E-state index in [2.05, 4.69) is 0 Å². The van der Waals surface area contributed by atoms with Crippen molar-refractivity contribution in [2.45, 2.75) is 38.4 Å². The van der Waals surface area contributed by atoms with Gasteiger partial charge in [0.25, 0.3) is 0 Å². The molecule has 1 aliphatic rings. The molecule has 0 amide bonds. The highest BCUT2D eigenvalue weighted by molar-refractivity contribution is 6.31. The van der Waals surface area contributed by atoms with E-state index in [0.717, 1.165) is 12.8 Å². The Bertz CT molecular complexity index is 456. The molecule has 0 bridgehead atoms. The van der Waals surface area contributed by atoms with Crippen LogP contribution in [0, 0.1) is 11.7 Å². The van der Waals surface area contributed by atoms with Crippen LogP contribution in [0.2, 0.25) is 5.02 Å². The van der Waals surface area contributed by atoms with Crippen LogP contribution in [-0.2, 0) is 16.1 Å². The van der Waals surface area contributed by atoms with Gasteiger partial charge in [0.1, 0.15) is 5.82 Å². The van der Waals surface area contributed by atoms with Gasteiger partial charge < -0.3 is 9.84 Å². The topological polar surface area (TPSA) is 46.5 Å². The summed E-state index contributed by atoms with van der Waals surface area (Å²) in [6.07, 6.45) is 2.76. The minimum atomic E-state index is -0.730. The summed E-state index contributed by atoms with van der Waals surface area (Å²) in [6, 6.07) is 4.64. The van der Waals surface area contributed by atoms with Crippen LogP contribution in [0.1, 0.15) is 31.2 Å². The first-order valence-electron chi connectivity index (χ1n) is 6.35. The maximum Gasteiger partial charge on any atom is 0.306 e. The Morgan fingerprint density at radius 1 is 1.37 bits per heavy atom. The molecular weight excluding hydrogens is 271 g/mol. The number of hydrogen-bond donors (Lipinski definition) is 1. The Morgan fingerprint density at radius 3 is 2.68 bits per heavy atom. The predicted octanol–water partition coefficient (Wildman–Crippen LogP) is 3.64. The smallest absolute Gasteiger partial charge is 0.306 e. The van der Waals surface area contributed by atoms with Crippen molar-refractivity contribution in [3.8, 4) is 0 Å². The van der Waals surface area contributed by atoms with Gasteiger partial charge in [0.15, 0.2) is 0 Å². The Balaban J connectivity index is 1.84. The van der Waals surface area contributed by atoms with Crippen LogP contribution in [0.25, 0.3) is 0 Å². The molecule has 2 rings (SSSR count). The number of hydrogen-bond acceptors (Lipinski definition) is 2. The minimum Gasteiger partial charge on any atom is -0.481 e. The number of aliphatic carboxylic acids is 1. The van der Waals surface area contributed by atoms with Crippen molar-refractivity contribution in [3.63, 3.8) is 0 Å². The molecule has 0 aromatic heterocycles. The maximum absolute atomic E-state index is 13.2. The predicted molar refractivity (Wildman–Crippen MR) is 69.6 cm³/mol. The quantitative estimate of drug-likeness (QED) is 0.919. The van der Waals surface area contributed by atoms with Crippen molar-refractivity contribution >= 4 is 17.6 Å². The second-order valence-corrected chi connectivity index (χ2v) is 5.21. The third-order valence-electron chi connectivity index (χ3n) is 3.53. The number of benzene rings is 1. The molecule has 0 heterocycles. The fourth-order valence-electron chi connectivity index (χ4n) is 2.34. The van der Waals surface area contributed by atoms with Gasteiger partial charge in [0, 0.05) is 0 Å². The van der Waals surface area contributed by atoms with Crippen LogP contribution in [0.5, 0.6) is 0 Å². The molecule has 0 spiro atoms. The maximum atomic E-state index is 13.2. The van der Waals surface area contributed by atoms with E-state index in [0.29, 0.717) is 18.4 Å². The monoisotopic (exact) mass is 286 g/mol. The number of carbonyl (C=O) groups is 1. The number of ether oxygens (including phenoxy) is 1. The third-order valence-corrected chi connectivity index (χ3v) is 3.95. The van der Waals surface area contributed by atoms with E-state index < -0.39 is 11.8 Å². The van der Waals surface area contributed by atoms with E-state index in [1.165, 1.54) is 6.07 Å². The molecule has 1 aliphatic carbocycles. The second-order valence-electron chi connectivity index (χ2n) is 4.84. The lowest BCUT2D eigenvalue weighted by Gasteiger charge is -2.26. The number of rotatable bonds is 4. The molecule has 1 N–H and O–H groups in total. The van der Waals surface area contributed by atoms with Gasteiger partial charge in [-0.25, -0.2) is 4.39 Å². The second kappa shape index (κ2) is 6.35. The highest BCUT2D eigenvalue weighted by Gasteiger charge is 2.26. The summed E-state index contributed by atoms with van der Waals surface area (Å²) in [5.41, 5.74) is 0.627. The van der Waals surface area contributed by atoms with Crippen LogP contribution in [0.3, 0.4) is 0 Å². The number of carboxylic acids is 1. The van der Waals surface area contributed by atoms with Gasteiger partial charge in [0.2, 0.25) is 0 Å². The molecule has 1 aromatic carbocycles. The lowest BCUT2D eigenvalue weighted by Crippen LogP contribution is -2.26. The SMILES string of the molecule is O=C(O)C1CCC(OCc2cccc(F)c2Cl)CC1. The highest BCUT2D eigenvalue weighted by Crippen LogP contribution is 2.28. The number of carboxylic acid groups (broad SMARTS) is 1. The van der Waals surface area contributed by atoms with Crippen LogP contribution in [-0.4, -0.2) is 17.2 Å². The highest BCUT2D eigenvalue weighted by atomic mass is 35.5. The van der Waals surface area contributed by atoms with E-state index in [1.807, 2.05) is 0 Å². The largest absolute Gasteiger partial charge is 0.481 e. The van der Waals surface area contributed by atoms with Crippen molar-refractivity contribution in [2.75, 3.05) is 0 Å². The van der Waals surface area contributed by atoms with Gasteiger partial charge in [-0.15, -0.1) is 0 Å². The minimum absolute atomic E-state index is 0.0370. The lowest BCUT2D eigenvalue weighted by atomic mass is 9.87. The first-order chi connectivity index (χ1) is 9.08. The Kier molecular flexibility index (Phi) is 4.77. The Labute approximate surface area is 116 Å². The van der Waals surface area contributed by atoms with Crippen LogP contribution in [0.15, 0.2) is 18.2 Å². The number of halogens is 2. The van der Waals surface area contributed by atoms with E-state index in [9.17, 15) is 9.18 Å². The van der Waals surface area contributed by atoms with Gasteiger partial charge in [0.05, 0.1) is 23.7 Å². The Morgan fingerprint density at radius 2 is 2.05 bits per heavy atom. The molecule has 0 aliphatic heterocycles. The first kappa shape index (κ1) is 14.3. The van der Waals surface area contributed by atoms with Crippen molar-refractivity contribution in [3.05, 3.63) is 34.6 Å². The summed E-state index contributed by atoms with van der Waals surface area (Å²) < 4.78 is 18.9. The lowest BCUT2D eigenvalue weighted by molar-refractivity contribution is -0.143. The van der Waals surface area contributed by atoms with Crippen molar-refractivity contribution in [2.24, 2.45) is 5.92 Å². The molecular formula is C14H16ClFO3. The van der Waals surface area contributed by atoms with Gasteiger partial charge in [-0.1, -0.05) is 23.7 Å². The van der Waals surface area contributed by atoms with Gasteiger partial charge in [-0.3, -0.25) is 4.79 Å². The van der Waals surface area contributed by atoms with E-state index in [4.69, 9.17) is 21.4 Å². The molecule has 0 atom stereocenters. The molecule has 1 saturated carbocycles. The molecule has 0 saturated heterocycles. The molecule has 5 heteroatoms. The molecule has 1 fully saturated rings. The van der Waals surface area contributed by atoms with E-state index in [-0.39, 0.29) is 23.7 Å². The molecule has 0 radical (unpaired) electrons. The summed E-state index contributed by atoms with van der Waals surface area (Å²) >= 11 is 5.84. The zero-order chi connectivity index (χ0) is 13.8. The van der Waals surface area contributed by atoms with Crippen LogP contribution < -0.4 is 0 Å². The van der Waals surface area contributed by atoms with E-state index >= 15 is 0 Å². The zero-order valence-corrected chi connectivity index (χ0v) is 11.2. The average Bonchev–Trinajstić information content (AvgIpc) is 2.41. The van der Waals surface area contributed by atoms with Crippen LogP contribution in [0.4, 0.5) is 4.39 Å². The summed E-state index contributed by atoms with van der Waals surface area (Å²) in [5.74, 6) is -1.43. The molecule has 104 valence electrons.